The van der Waals surface area contributed by atoms with Crippen LogP contribution < -0.4 is 11.3 Å². The van der Waals surface area contributed by atoms with Crippen LogP contribution in [0, 0.1) is 0 Å². The maximum absolute atomic E-state index is 5.82. The molecule has 5 heteroatoms. The SMILES string of the molecule is NNC(c1cncc(Br)c1)C1CCCc2cccnc21. The van der Waals surface area contributed by atoms with Crippen molar-refractivity contribution in [3.63, 3.8) is 0 Å². The largest absolute Gasteiger partial charge is 0.271 e. The molecule has 0 saturated carbocycles. The number of hydrogen-bond donors (Lipinski definition) is 2. The Kier molecular flexibility index (Phi) is 4.10. The molecule has 0 saturated heterocycles. The summed E-state index contributed by atoms with van der Waals surface area (Å²) >= 11 is 3.47. The van der Waals surface area contributed by atoms with Crippen molar-refractivity contribution in [2.24, 2.45) is 5.84 Å². The molecule has 0 spiro atoms. The van der Waals surface area contributed by atoms with Gasteiger partial charge in [-0.05, 0) is 58.5 Å². The Morgan fingerprint density at radius 1 is 1.40 bits per heavy atom. The average molecular weight is 333 g/mol. The number of aryl methyl sites for hydroxylation is 1. The highest BCUT2D eigenvalue weighted by Crippen LogP contribution is 2.38. The van der Waals surface area contributed by atoms with Crippen molar-refractivity contribution in [1.29, 1.82) is 0 Å². The third-order valence-corrected chi connectivity index (χ3v) is 4.34. The molecule has 0 aromatic carbocycles. The van der Waals surface area contributed by atoms with Gasteiger partial charge in [-0.3, -0.25) is 21.2 Å². The van der Waals surface area contributed by atoms with Gasteiger partial charge in [-0.15, -0.1) is 0 Å². The van der Waals surface area contributed by atoms with Crippen molar-refractivity contribution in [2.45, 2.75) is 31.2 Å². The van der Waals surface area contributed by atoms with E-state index in [-0.39, 0.29) is 6.04 Å². The van der Waals surface area contributed by atoms with Crippen LogP contribution in [0.25, 0.3) is 0 Å². The first-order valence-electron chi connectivity index (χ1n) is 6.80. The molecule has 104 valence electrons. The summed E-state index contributed by atoms with van der Waals surface area (Å²) in [6, 6.07) is 6.27. The molecule has 3 rings (SSSR count). The first kappa shape index (κ1) is 13.7. The molecule has 0 fully saturated rings. The van der Waals surface area contributed by atoms with Crippen LogP contribution in [0.15, 0.2) is 41.3 Å². The van der Waals surface area contributed by atoms with E-state index < -0.39 is 0 Å². The number of nitrogens with zero attached hydrogens (tertiary/aromatic N) is 2. The van der Waals surface area contributed by atoms with Crippen molar-refractivity contribution < 1.29 is 0 Å². The second-order valence-electron chi connectivity index (χ2n) is 5.13. The van der Waals surface area contributed by atoms with Gasteiger partial charge in [0, 0.05) is 34.7 Å². The van der Waals surface area contributed by atoms with Crippen molar-refractivity contribution in [3.05, 3.63) is 58.1 Å². The zero-order valence-corrected chi connectivity index (χ0v) is 12.7. The fourth-order valence-electron chi connectivity index (χ4n) is 3.01. The van der Waals surface area contributed by atoms with E-state index in [2.05, 4.69) is 43.5 Å². The van der Waals surface area contributed by atoms with Gasteiger partial charge in [0.05, 0.1) is 6.04 Å². The van der Waals surface area contributed by atoms with Gasteiger partial charge in [0.2, 0.25) is 0 Å². The molecule has 2 heterocycles. The van der Waals surface area contributed by atoms with E-state index >= 15 is 0 Å². The van der Waals surface area contributed by atoms with Crippen LogP contribution in [0.5, 0.6) is 0 Å². The first-order valence-corrected chi connectivity index (χ1v) is 7.59. The van der Waals surface area contributed by atoms with Crippen LogP contribution in [0.3, 0.4) is 0 Å². The summed E-state index contributed by atoms with van der Waals surface area (Å²) in [5.74, 6) is 6.11. The maximum Gasteiger partial charge on any atom is 0.0559 e. The molecule has 1 aliphatic rings. The van der Waals surface area contributed by atoms with Crippen LogP contribution in [0.2, 0.25) is 0 Å². The van der Waals surface area contributed by atoms with Crippen LogP contribution in [-0.2, 0) is 6.42 Å². The lowest BCUT2D eigenvalue weighted by Gasteiger charge is -2.31. The predicted octanol–water partition coefficient (Wildman–Crippen LogP) is 2.86. The van der Waals surface area contributed by atoms with Gasteiger partial charge in [-0.25, -0.2) is 0 Å². The quantitative estimate of drug-likeness (QED) is 0.670. The summed E-state index contributed by atoms with van der Waals surface area (Å²) in [6.45, 7) is 0. The summed E-state index contributed by atoms with van der Waals surface area (Å²) in [7, 11) is 0. The number of hydrazine groups is 1. The Hall–Kier alpha value is -1.30. The van der Waals surface area contributed by atoms with Gasteiger partial charge in [0.1, 0.15) is 0 Å². The van der Waals surface area contributed by atoms with Gasteiger partial charge < -0.3 is 0 Å². The second-order valence-corrected chi connectivity index (χ2v) is 6.04. The number of aromatic nitrogens is 2. The lowest BCUT2D eigenvalue weighted by atomic mass is 9.80. The minimum Gasteiger partial charge on any atom is -0.271 e. The number of nitrogens with two attached hydrogens (primary N) is 1. The Morgan fingerprint density at radius 2 is 2.30 bits per heavy atom. The second kappa shape index (κ2) is 5.99. The van der Waals surface area contributed by atoms with Crippen LogP contribution >= 0.6 is 15.9 Å². The lowest BCUT2D eigenvalue weighted by molar-refractivity contribution is 0.399. The molecular formula is C15H17BrN4. The van der Waals surface area contributed by atoms with Crippen molar-refractivity contribution >= 4 is 15.9 Å². The van der Waals surface area contributed by atoms with Gasteiger partial charge >= 0.3 is 0 Å². The summed E-state index contributed by atoms with van der Waals surface area (Å²) in [4.78, 5) is 8.83. The highest BCUT2D eigenvalue weighted by atomic mass is 79.9. The standard InChI is InChI=1S/C15H17BrN4/c16-12-7-11(8-18-9-12)15(20-17)13-5-1-3-10-4-2-6-19-14(10)13/h2,4,6-9,13,15,20H,1,3,5,17H2. The lowest BCUT2D eigenvalue weighted by Crippen LogP contribution is -2.34. The number of nitrogens with one attached hydrogen (secondary N) is 1. The average Bonchev–Trinajstić information content (AvgIpc) is 2.48. The Bertz CT molecular complexity index is 602. The maximum atomic E-state index is 5.82. The van der Waals surface area contributed by atoms with E-state index in [1.807, 2.05) is 18.5 Å². The molecule has 0 bridgehead atoms. The predicted molar refractivity (Wildman–Crippen MR) is 81.9 cm³/mol. The number of hydrogen-bond acceptors (Lipinski definition) is 4. The van der Waals surface area contributed by atoms with Crippen molar-refractivity contribution in [2.75, 3.05) is 0 Å². The molecule has 0 aliphatic heterocycles. The fourth-order valence-corrected chi connectivity index (χ4v) is 3.40. The molecule has 2 atom stereocenters. The van der Waals surface area contributed by atoms with E-state index in [0.717, 1.165) is 22.9 Å². The molecule has 2 aromatic heterocycles. The first-order chi connectivity index (χ1) is 9.79. The molecule has 0 amide bonds. The van der Waals surface area contributed by atoms with E-state index in [0.29, 0.717) is 5.92 Å². The third-order valence-electron chi connectivity index (χ3n) is 3.91. The number of pyridine rings is 2. The van der Waals surface area contributed by atoms with E-state index in [9.17, 15) is 0 Å². The van der Waals surface area contributed by atoms with Crippen LogP contribution in [0.1, 0.15) is 41.6 Å². The molecule has 0 radical (unpaired) electrons. The van der Waals surface area contributed by atoms with E-state index in [4.69, 9.17) is 5.84 Å². The molecule has 1 aliphatic carbocycles. The minimum atomic E-state index is 0.0361. The van der Waals surface area contributed by atoms with Crippen LogP contribution in [-0.4, -0.2) is 9.97 Å². The van der Waals surface area contributed by atoms with Gasteiger partial charge in [-0.1, -0.05) is 6.07 Å². The zero-order valence-electron chi connectivity index (χ0n) is 11.1. The monoisotopic (exact) mass is 332 g/mol. The number of fused-ring (bicyclic) bond motifs is 1. The van der Waals surface area contributed by atoms with Crippen molar-refractivity contribution in [3.8, 4) is 0 Å². The molecule has 3 N–H and O–H groups in total. The highest BCUT2D eigenvalue weighted by Gasteiger charge is 2.29. The summed E-state index contributed by atoms with van der Waals surface area (Å²) < 4.78 is 0.965. The summed E-state index contributed by atoms with van der Waals surface area (Å²) in [5.41, 5.74) is 6.55. The van der Waals surface area contributed by atoms with Crippen molar-refractivity contribution in [1.82, 2.24) is 15.4 Å². The molecule has 2 aromatic rings. The highest BCUT2D eigenvalue weighted by molar-refractivity contribution is 9.10. The summed E-state index contributed by atoms with van der Waals surface area (Å²) in [6.07, 6.45) is 8.88. The fraction of sp³-hybridized carbons (Fsp3) is 0.333. The topological polar surface area (TPSA) is 63.8 Å². The number of halogens is 1. The zero-order chi connectivity index (χ0) is 13.9. The third kappa shape index (κ3) is 2.61. The van der Waals surface area contributed by atoms with Crippen LogP contribution in [0.4, 0.5) is 0 Å². The Balaban J connectivity index is 1.99. The van der Waals surface area contributed by atoms with Gasteiger partial charge in [0.25, 0.3) is 0 Å². The van der Waals surface area contributed by atoms with Gasteiger partial charge in [0.15, 0.2) is 0 Å². The van der Waals surface area contributed by atoms with Gasteiger partial charge in [-0.2, -0.15) is 0 Å². The number of rotatable bonds is 3. The molecule has 4 nitrogen and oxygen atoms in total. The molecular weight excluding hydrogens is 316 g/mol. The Labute approximate surface area is 126 Å². The Morgan fingerprint density at radius 3 is 3.10 bits per heavy atom. The van der Waals surface area contributed by atoms with E-state index in [1.165, 1.54) is 17.7 Å². The van der Waals surface area contributed by atoms with E-state index in [1.54, 1.807) is 6.20 Å². The molecule has 20 heavy (non-hydrogen) atoms. The normalized spacial score (nSPS) is 19.4. The summed E-state index contributed by atoms with van der Waals surface area (Å²) in [5, 5.41) is 0. The minimum absolute atomic E-state index is 0.0361. The molecule has 2 unspecified atom stereocenters. The smallest absolute Gasteiger partial charge is 0.0559 e.